The van der Waals surface area contributed by atoms with Crippen LogP contribution in [0.25, 0.3) is 6.08 Å². The molecule has 1 aromatic heterocycles. The highest BCUT2D eigenvalue weighted by Gasteiger charge is 2.37. The topological polar surface area (TPSA) is 71.4 Å². The zero-order chi connectivity index (χ0) is 19.0. The molecule has 1 saturated heterocycles. The summed E-state index contributed by atoms with van der Waals surface area (Å²) < 4.78 is 15.5. The Balaban J connectivity index is 2.06. The number of aryl methyl sites for hydroxylation is 1. The molecule has 4 amide bonds. The lowest BCUT2D eigenvalue weighted by molar-refractivity contribution is -0.122. The molecule has 0 atom stereocenters. The van der Waals surface area contributed by atoms with Crippen LogP contribution in [0.4, 0.5) is 14.9 Å². The molecule has 0 unspecified atom stereocenters. The van der Waals surface area contributed by atoms with Gasteiger partial charge in [0.15, 0.2) is 0 Å². The summed E-state index contributed by atoms with van der Waals surface area (Å²) in [7, 11) is 0. The zero-order valence-electron chi connectivity index (χ0n) is 14.7. The van der Waals surface area contributed by atoms with Crippen LogP contribution in [0, 0.1) is 19.7 Å². The van der Waals surface area contributed by atoms with Gasteiger partial charge < -0.3 is 4.57 Å². The van der Waals surface area contributed by atoms with Gasteiger partial charge >= 0.3 is 6.03 Å². The normalized spacial score (nSPS) is 16.4. The fourth-order valence-corrected chi connectivity index (χ4v) is 3.12. The number of hydrogen-bond acceptors (Lipinski definition) is 3. The van der Waals surface area contributed by atoms with E-state index in [1.165, 1.54) is 24.3 Å². The molecular formula is C19H18FN3O3. The van der Waals surface area contributed by atoms with Crippen LogP contribution >= 0.6 is 0 Å². The molecule has 2 heterocycles. The van der Waals surface area contributed by atoms with Crippen molar-refractivity contribution >= 4 is 29.6 Å². The Morgan fingerprint density at radius 3 is 2.50 bits per heavy atom. The van der Waals surface area contributed by atoms with Crippen molar-refractivity contribution in [2.45, 2.75) is 27.3 Å². The average molecular weight is 355 g/mol. The van der Waals surface area contributed by atoms with Crippen molar-refractivity contribution in [1.82, 2.24) is 9.88 Å². The van der Waals surface area contributed by atoms with Gasteiger partial charge in [-0.15, -0.1) is 0 Å². The first-order valence-corrected chi connectivity index (χ1v) is 8.17. The number of barbiturate groups is 1. The SMILES string of the molecule is CCn1c(C)cc(C=C2C(=O)NC(=O)N(c3cccc(F)c3)C2=O)c1C. The van der Waals surface area contributed by atoms with Gasteiger partial charge in [-0.25, -0.2) is 14.1 Å². The Hall–Kier alpha value is -3.22. The second-order valence-corrected chi connectivity index (χ2v) is 6.01. The molecule has 1 fully saturated rings. The summed E-state index contributed by atoms with van der Waals surface area (Å²) in [6, 6.07) is 6.05. The lowest BCUT2D eigenvalue weighted by atomic mass is 10.1. The number of nitrogens with zero attached hydrogens (tertiary/aromatic N) is 2. The van der Waals surface area contributed by atoms with E-state index in [0.29, 0.717) is 0 Å². The van der Waals surface area contributed by atoms with E-state index in [1.54, 1.807) is 0 Å². The second kappa shape index (κ2) is 6.59. The zero-order valence-corrected chi connectivity index (χ0v) is 14.7. The van der Waals surface area contributed by atoms with E-state index in [-0.39, 0.29) is 11.3 Å². The van der Waals surface area contributed by atoms with E-state index >= 15 is 0 Å². The van der Waals surface area contributed by atoms with Crippen molar-refractivity contribution in [1.29, 1.82) is 0 Å². The maximum atomic E-state index is 13.5. The molecule has 26 heavy (non-hydrogen) atoms. The Labute approximate surface area is 149 Å². The average Bonchev–Trinajstić information content (AvgIpc) is 2.84. The van der Waals surface area contributed by atoms with Gasteiger partial charge in [-0.1, -0.05) is 6.07 Å². The number of halogens is 1. The lowest BCUT2D eigenvalue weighted by Gasteiger charge is -2.26. The van der Waals surface area contributed by atoms with Crippen molar-refractivity contribution in [2.24, 2.45) is 0 Å². The van der Waals surface area contributed by atoms with Crippen LogP contribution in [0.5, 0.6) is 0 Å². The van der Waals surface area contributed by atoms with E-state index < -0.39 is 23.7 Å². The van der Waals surface area contributed by atoms with Crippen LogP contribution in [0.15, 0.2) is 35.9 Å². The summed E-state index contributed by atoms with van der Waals surface area (Å²) in [6.07, 6.45) is 1.46. The molecule has 134 valence electrons. The standard InChI is InChI=1S/C19H18FN3O3/c1-4-22-11(2)8-13(12(22)3)9-16-17(24)21-19(26)23(18(16)25)15-7-5-6-14(20)10-15/h5-10H,4H2,1-3H3,(H,21,24,26). The minimum absolute atomic E-state index is 0.0601. The van der Waals surface area contributed by atoms with Crippen molar-refractivity contribution < 1.29 is 18.8 Å². The highest BCUT2D eigenvalue weighted by atomic mass is 19.1. The Morgan fingerprint density at radius 2 is 1.88 bits per heavy atom. The van der Waals surface area contributed by atoms with Crippen molar-refractivity contribution in [3.05, 3.63) is 58.7 Å². The number of carbonyl (C=O) groups is 3. The number of nitrogens with one attached hydrogen (secondary N) is 1. The van der Waals surface area contributed by atoms with Gasteiger partial charge in [0, 0.05) is 17.9 Å². The van der Waals surface area contributed by atoms with Crippen LogP contribution in [-0.4, -0.2) is 22.4 Å². The molecule has 1 N–H and O–H groups in total. The minimum atomic E-state index is -0.901. The smallest absolute Gasteiger partial charge is 0.335 e. The molecular weight excluding hydrogens is 337 g/mol. The quantitative estimate of drug-likeness (QED) is 0.680. The van der Waals surface area contributed by atoms with Gasteiger partial charge in [-0.05, 0) is 56.7 Å². The number of rotatable bonds is 3. The largest absolute Gasteiger partial charge is 0.349 e. The molecule has 0 saturated carbocycles. The van der Waals surface area contributed by atoms with Gasteiger partial charge in [0.2, 0.25) is 0 Å². The molecule has 1 aromatic carbocycles. The number of amides is 4. The first kappa shape index (κ1) is 17.6. The molecule has 0 bridgehead atoms. The third-order valence-corrected chi connectivity index (χ3v) is 4.40. The fourth-order valence-electron chi connectivity index (χ4n) is 3.12. The van der Waals surface area contributed by atoms with Gasteiger partial charge in [-0.2, -0.15) is 0 Å². The van der Waals surface area contributed by atoms with Crippen molar-refractivity contribution in [3.63, 3.8) is 0 Å². The first-order valence-electron chi connectivity index (χ1n) is 8.17. The van der Waals surface area contributed by atoms with Gasteiger partial charge in [0.25, 0.3) is 11.8 Å². The fraction of sp³-hybridized carbons (Fsp3) is 0.211. The van der Waals surface area contributed by atoms with E-state index in [2.05, 4.69) is 5.32 Å². The molecule has 0 spiro atoms. The number of urea groups is 1. The van der Waals surface area contributed by atoms with Gasteiger partial charge in [0.05, 0.1) is 5.69 Å². The minimum Gasteiger partial charge on any atom is -0.349 e. The molecule has 0 radical (unpaired) electrons. The second-order valence-electron chi connectivity index (χ2n) is 6.01. The van der Waals surface area contributed by atoms with Gasteiger partial charge in [-0.3, -0.25) is 14.9 Å². The molecule has 0 aliphatic carbocycles. The highest BCUT2D eigenvalue weighted by molar-refractivity contribution is 6.39. The van der Waals surface area contributed by atoms with Gasteiger partial charge in [0.1, 0.15) is 11.4 Å². The maximum Gasteiger partial charge on any atom is 0.335 e. The maximum absolute atomic E-state index is 13.5. The predicted molar refractivity (Wildman–Crippen MR) is 95.0 cm³/mol. The van der Waals surface area contributed by atoms with Crippen molar-refractivity contribution in [3.8, 4) is 0 Å². The Bertz CT molecular complexity index is 959. The highest BCUT2D eigenvalue weighted by Crippen LogP contribution is 2.24. The van der Waals surface area contributed by atoms with Crippen LogP contribution in [0.1, 0.15) is 23.9 Å². The van der Waals surface area contributed by atoms with Crippen molar-refractivity contribution in [2.75, 3.05) is 4.90 Å². The summed E-state index contributed by atoms with van der Waals surface area (Å²) in [6.45, 7) is 6.59. The molecule has 6 nitrogen and oxygen atoms in total. The summed E-state index contributed by atoms with van der Waals surface area (Å²) >= 11 is 0. The van der Waals surface area contributed by atoms with Crippen LogP contribution in [0.3, 0.4) is 0 Å². The number of benzene rings is 1. The molecule has 1 aliphatic heterocycles. The first-order chi connectivity index (χ1) is 12.3. The van der Waals surface area contributed by atoms with Crippen LogP contribution < -0.4 is 10.2 Å². The number of anilines is 1. The number of imide groups is 2. The number of carbonyl (C=O) groups excluding carboxylic acids is 3. The third-order valence-electron chi connectivity index (χ3n) is 4.40. The van der Waals surface area contributed by atoms with E-state index in [9.17, 15) is 18.8 Å². The summed E-state index contributed by atoms with van der Waals surface area (Å²) in [5.41, 5.74) is 2.51. The summed E-state index contributed by atoms with van der Waals surface area (Å²) in [4.78, 5) is 37.9. The third kappa shape index (κ3) is 2.92. The molecule has 2 aromatic rings. The van der Waals surface area contributed by atoms with Crippen LogP contribution in [0.2, 0.25) is 0 Å². The van der Waals surface area contributed by atoms with E-state index in [1.807, 2.05) is 31.4 Å². The molecule has 7 heteroatoms. The monoisotopic (exact) mass is 355 g/mol. The van der Waals surface area contributed by atoms with E-state index in [0.717, 1.165) is 34.5 Å². The summed E-state index contributed by atoms with van der Waals surface area (Å²) in [5, 5.41) is 2.13. The Kier molecular flexibility index (Phi) is 4.46. The van der Waals surface area contributed by atoms with Crippen LogP contribution in [-0.2, 0) is 16.1 Å². The number of aromatic nitrogens is 1. The number of hydrogen-bond donors (Lipinski definition) is 1. The molecule has 3 rings (SSSR count). The predicted octanol–water partition coefficient (Wildman–Crippen LogP) is 2.93. The Morgan fingerprint density at radius 1 is 1.15 bits per heavy atom. The van der Waals surface area contributed by atoms with E-state index in [4.69, 9.17) is 0 Å². The molecule has 1 aliphatic rings. The lowest BCUT2D eigenvalue weighted by Crippen LogP contribution is -2.54. The summed E-state index contributed by atoms with van der Waals surface area (Å²) in [5.74, 6) is -2.14.